The largest absolute Gasteiger partial charge is 0.370 e. The quantitative estimate of drug-likeness (QED) is 0.482. The number of anilines is 2. The van der Waals surface area contributed by atoms with Crippen molar-refractivity contribution in [1.82, 2.24) is 10.6 Å². The molecule has 1 aromatic rings. The number of urea groups is 1. The molecule has 2 rings (SSSR count). The monoisotopic (exact) mass is 381 g/mol. The van der Waals surface area contributed by atoms with E-state index >= 15 is 0 Å². The third-order valence-corrected chi connectivity index (χ3v) is 3.65. The Kier molecular flexibility index (Phi) is 6.66. The van der Waals surface area contributed by atoms with E-state index in [1.165, 1.54) is 17.0 Å². The van der Waals surface area contributed by atoms with Crippen LogP contribution in [0.1, 0.15) is 6.92 Å². The Morgan fingerprint density at radius 2 is 2.11 bits per heavy atom. The van der Waals surface area contributed by atoms with Crippen LogP contribution in [0.15, 0.2) is 18.2 Å². The van der Waals surface area contributed by atoms with Gasteiger partial charge in [-0.2, -0.15) is 0 Å². The first-order valence-corrected chi connectivity index (χ1v) is 8.15. The van der Waals surface area contributed by atoms with Crippen LogP contribution in [0.5, 0.6) is 0 Å². The van der Waals surface area contributed by atoms with Gasteiger partial charge in [-0.15, -0.1) is 0 Å². The summed E-state index contributed by atoms with van der Waals surface area (Å²) in [7, 11) is 0. The minimum absolute atomic E-state index is 0.0332. The van der Waals surface area contributed by atoms with E-state index in [1.807, 2.05) is 0 Å². The van der Waals surface area contributed by atoms with Crippen molar-refractivity contribution in [1.29, 1.82) is 0 Å². The predicted octanol–water partition coefficient (Wildman–Crippen LogP) is -0.700. The summed E-state index contributed by atoms with van der Waals surface area (Å²) in [5, 5.41) is 6.79. The fourth-order valence-electron chi connectivity index (χ4n) is 2.40. The molecule has 5 amide bonds. The first-order valence-electron chi connectivity index (χ1n) is 8.15. The molecule has 1 fully saturated rings. The molecule has 11 heteroatoms. The number of hydrogen-bond donors (Lipinski definition) is 4. The molecule has 146 valence electrons. The van der Waals surface area contributed by atoms with Gasteiger partial charge < -0.3 is 31.3 Å². The van der Waals surface area contributed by atoms with Gasteiger partial charge >= 0.3 is 6.03 Å². The standard InChI is InChI=1S/C16H20FN5O5/c1-2-19-16(26)21-13(14(18)24)15(25)20-9-3-4-11(10(17)7-9)22-5-6-27-8-12(22)23/h3-4,7,13H,2,5-6,8H2,1H3,(H2,18,24)(H,20,25)(H2,19,21,26)/t13-/m0/s1. The second-order valence-corrected chi connectivity index (χ2v) is 5.59. The van der Waals surface area contributed by atoms with E-state index in [9.17, 15) is 23.6 Å². The highest BCUT2D eigenvalue weighted by Crippen LogP contribution is 2.24. The van der Waals surface area contributed by atoms with E-state index in [2.05, 4.69) is 16.0 Å². The summed E-state index contributed by atoms with van der Waals surface area (Å²) in [4.78, 5) is 48.2. The van der Waals surface area contributed by atoms with Crippen molar-refractivity contribution in [2.45, 2.75) is 13.0 Å². The average Bonchev–Trinajstić information content (AvgIpc) is 2.60. The number of nitrogens with two attached hydrogens (primary N) is 1. The summed E-state index contributed by atoms with van der Waals surface area (Å²) >= 11 is 0. The van der Waals surface area contributed by atoms with Crippen molar-refractivity contribution in [3.63, 3.8) is 0 Å². The number of benzene rings is 1. The number of nitrogens with one attached hydrogen (secondary N) is 3. The summed E-state index contributed by atoms with van der Waals surface area (Å²) in [5.41, 5.74) is 5.21. The molecule has 1 aliphatic rings. The minimum Gasteiger partial charge on any atom is -0.370 e. The molecule has 0 saturated carbocycles. The van der Waals surface area contributed by atoms with Crippen LogP contribution in [-0.4, -0.2) is 56.1 Å². The van der Waals surface area contributed by atoms with E-state index in [4.69, 9.17) is 10.5 Å². The summed E-state index contributed by atoms with van der Waals surface area (Å²) in [6.45, 7) is 2.30. The zero-order chi connectivity index (χ0) is 20.0. The van der Waals surface area contributed by atoms with E-state index in [1.54, 1.807) is 6.92 Å². The molecule has 1 aromatic carbocycles. The highest BCUT2D eigenvalue weighted by atomic mass is 19.1. The van der Waals surface area contributed by atoms with Crippen molar-refractivity contribution >= 4 is 35.1 Å². The van der Waals surface area contributed by atoms with E-state index in [0.29, 0.717) is 0 Å². The van der Waals surface area contributed by atoms with Crippen LogP contribution in [0.2, 0.25) is 0 Å². The number of carbonyl (C=O) groups is 4. The Morgan fingerprint density at radius 1 is 1.37 bits per heavy atom. The lowest BCUT2D eigenvalue weighted by Gasteiger charge is -2.27. The third-order valence-electron chi connectivity index (χ3n) is 3.65. The number of primary amides is 1. The highest BCUT2D eigenvalue weighted by Gasteiger charge is 2.27. The van der Waals surface area contributed by atoms with Crippen molar-refractivity contribution in [2.75, 3.05) is 36.5 Å². The number of morpholine rings is 1. The molecule has 1 saturated heterocycles. The van der Waals surface area contributed by atoms with E-state index in [-0.39, 0.29) is 43.6 Å². The molecule has 27 heavy (non-hydrogen) atoms. The summed E-state index contributed by atoms with van der Waals surface area (Å²) in [5.74, 6) is -3.12. The maximum atomic E-state index is 14.4. The molecule has 0 bridgehead atoms. The van der Waals surface area contributed by atoms with Crippen LogP contribution in [-0.2, 0) is 19.1 Å². The Labute approximate surface area is 154 Å². The van der Waals surface area contributed by atoms with Crippen LogP contribution >= 0.6 is 0 Å². The van der Waals surface area contributed by atoms with Gasteiger partial charge in [-0.3, -0.25) is 14.4 Å². The van der Waals surface area contributed by atoms with Crippen molar-refractivity contribution in [3.05, 3.63) is 24.0 Å². The number of amides is 5. The summed E-state index contributed by atoms with van der Waals surface area (Å²) in [6, 6.07) is 1.30. The van der Waals surface area contributed by atoms with Gasteiger partial charge in [0, 0.05) is 18.8 Å². The molecule has 0 aliphatic carbocycles. The number of carbonyl (C=O) groups excluding carboxylic acids is 4. The zero-order valence-electron chi connectivity index (χ0n) is 14.6. The normalized spacial score (nSPS) is 15.0. The Balaban J connectivity index is 2.10. The van der Waals surface area contributed by atoms with E-state index < -0.39 is 29.7 Å². The number of ether oxygens (including phenoxy) is 1. The molecular formula is C16H20FN5O5. The first kappa shape index (κ1) is 20.1. The minimum atomic E-state index is -1.64. The van der Waals surface area contributed by atoms with Gasteiger partial charge in [0.2, 0.25) is 5.91 Å². The summed E-state index contributed by atoms with van der Waals surface area (Å²) in [6.07, 6.45) is 0. The molecule has 1 aliphatic heterocycles. The van der Waals surface area contributed by atoms with Crippen molar-refractivity contribution in [2.24, 2.45) is 5.73 Å². The molecule has 0 unspecified atom stereocenters. The fourth-order valence-corrected chi connectivity index (χ4v) is 2.40. The number of hydrogen-bond acceptors (Lipinski definition) is 5. The van der Waals surface area contributed by atoms with Crippen LogP contribution < -0.4 is 26.6 Å². The second-order valence-electron chi connectivity index (χ2n) is 5.59. The predicted molar refractivity (Wildman–Crippen MR) is 93.4 cm³/mol. The first-order chi connectivity index (χ1) is 12.8. The molecule has 10 nitrogen and oxygen atoms in total. The number of halogens is 1. The topological polar surface area (TPSA) is 143 Å². The van der Waals surface area contributed by atoms with Crippen LogP contribution in [0.3, 0.4) is 0 Å². The maximum absolute atomic E-state index is 14.4. The van der Waals surface area contributed by atoms with Gasteiger partial charge in [0.15, 0.2) is 6.04 Å². The van der Waals surface area contributed by atoms with E-state index in [0.717, 1.165) is 6.07 Å². The Hall–Kier alpha value is -3.21. The molecule has 0 radical (unpaired) electrons. The molecular weight excluding hydrogens is 361 g/mol. The van der Waals surface area contributed by atoms with Crippen molar-refractivity contribution in [3.8, 4) is 0 Å². The lowest BCUT2D eigenvalue weighted by atomic mass is 10.2. The van der Waals surface area contributed by atoms with Crippen LogP contribution in [0, 0.1) is 5.82 Å². The van der Waals surface area contributed by atoms with Gasteiger partial charge in [0.05, 0.1) is 12.3 Å². The van der Waals surface area contributed by atoms with Crippen LogP contribution in [0.25, 0.3) is 0 Å². The molecule has 0 aromatic heterocycles. The van der Waals surface area contributed by atoms with Crippen LogP contribution in [0.4, 0.5) is 20.6 Å². The molecule has 1 atom stereocenters. The average molecular weight is 381 g/mol. The Bertz CT molecular complexity index is 757. The lowest BCUT2D eigenvalue weighted by molar-refractivity contribution is -0.128. The van der Waals surface area contributed by atoms with Gasteiger partial charge in [0.25, 0.3) is 11.8 Å². The number of rotatable bonds is 6. The molecule has 5 N–H and O–H groups in total. The zero-order valence-corrected chi connectivity index (χ0v) is 14.6. The van der Waals surface area contributed by atoms with Gasteiger partial charge in [-0.25, -0.2) is 9.18 Å². The summed E-state index contributed by atoms with van der Waals surface area (Å²) < 4.78 is 19.4. The number of nitrogens with zero attached hydrogens (tertiary/aromatic N) is 1. The van der Waals surface area contributed by atoms with Gasteiger partial charge in [0.1, 0.15) is 12.4 Å². The SMILES string of the molecule is CCNC(=O)N[C@@H](C(N)=O)C(=O)Nc1ccc(N2CCOCC2=O)c(F)c1. The fraction of sp³-hybridized carbons (Fsp3) is 0.375. The third kappa shape index (κ3) is 5.14. The lowest BCUT2D eigenvalue weighted by Crippen LogP contribution is -2.54. The second kappa shape index (κ2) is 8.94. The maximum Gasteiger partial charge on any atom is 0.315 e. The van der Waals surface area contributed by atoms with Gasteiger partial charge in [-0.1, -0.05) is 0 Å². The molecule has 1 heterocycles. The van der Waals surface area contributed by atoms with Gasteiger partial charge in [-0.05, 0) is 25.1 Å². The van der Waals surface area contributed by atoms with Crippen molar-refractivity contribution < 1.29 is 28.3 Å². The smallest absolute Gasteiger partial charge is 0.315 e. The highest BCUT2D eigenvalue weighted by molar-refractivity contribution is 6.11. The Morgan fingerprint density at radius 3 is 2.70 bits per heavy atom. The molecule has 0 spiro atoms.